The molecule has 0 bridgehead atoms. The summed E-state index contributed by atoms with van der Waals surface area (Å²) < 4.78 is 16.1. The monoisotopic (exact) mass is 515 g/mol. The summed E-state index contributed by atoms with van der Waals surface area (Å²) in [6, 6.07) is 22.9. The number of piperazine rings is 1. The number of rotatable bonds is 9. The third kappa shape index (κ3) is 6.33. The summed E-state index contributed by atoms with van der Waals surface area (Å²) in [5.41, 5.74) is 2.42. The quantitative estimate of drug-likeness (QED) is 0.397. The first-order valence-corrected chi connectivity index (χ1v) is 12.5. The Balaban J connectivity index is 1.37. The molecule has 0 aliphatic carbocycles. The van der Waals surface area contributed by atoms with Gasteiger partial charge in [-0.25, -0.2) is 0 Å². The van der Waals surface area contributed by atoms with Crippen LogP contribution in [0.2, 0.25) is 0 Å². The van der Waals surface area contributed by atoms with Crippen LogP contribution in [0.5, 0.6) is 17.2 Å². The fourth-order valence-electron chi connectivity index (χ4n) is 4.45. The predicted octanol–water partition coefficient (Wildman–Crippen LogP) is 4.23. The lowest BCUT2D eigenvalue weighted by atomic mass is 10.1. The van der Waals surface area contributed by atoms with Crippen LogP contribution in [-0.4, -0.2) is 75.7 Å². The number of nitrogens with zero attached hydrogens (tertiary/aromatic N) is 3. The van der Waals surface area contributed by atoms with Gasteiger partial charge in [0.1, 0.15) is 0 Å². The molecule has 1 aliphatic rings. The minimum Gasteiger partial charge on any atom is -0.493 e. The second-order valence-electron chi connectivity index (χ2n) is 8.79. The van der Waals surface area contributed by atoms with Crippen molar-refractivity contribution in [3.05, 3.63) is 84.4 Å². The smallest absolute Gasteiger partial charge is 0.246 e. The van der Waals surface area contributed by atoms with Crippen LogP contribution < -0.4 is 19.1 Å². The standard InChI is InChI=1S/C30H33N3O5/c1-36-26-20-23(21-27(37-2)30(26)38-3)14-15-28(34)32-18-16-31(17-19-32)22-29(35)33(24-10-6-4-7-11-24)25-12-8-5-9-13-25/h4-15,20-21H,16-19,22H2,1-3H3/b15-14+. The van der Waals surface area contributed by atoms with Gasteiger partial charge in [0.2, 0.25) is 17.6 Å². The van der Waals surface area contributed by atoms with E-state index in [0.29, 0.717) is 43.4 Å². The molecule has 1 aliphatic heterocycles. The third-order valence-electron chi connectivity index (χ3n) is 6.43. The first-order chi connectivity index (χ1) is 18.5. The number of amides is 2. The molecular formula is C30H33N3O5. The van der Waals surface area contributed by atoms with E-state index in [2.05, 4.69) is 4.90 Å². The number of hydrogen-bond donors (Lipinski definition) is 0. The van der Waals surface area contributed by atoms with Gasteiger partial charge in [0.05, 0.1) is 27.9 Å². The summed E-state index contributed by atoms with van der Waals surface area (Å²) in [7, 11) is 4.66. The second-order valence-corrected chi connectivity index (χ2v) is 8.79. The van der Waals surface area contributed by atoms with Crippen LogP contribution in [0.25, 0.3) is 6.08 Å². The number of ether oxygens (including phenoxy) is 3. The zero-order chi connectivity index (χ0) is 26.9. The lowest BCUT2D eigenvalue weighted by Crippen LogP contribution is -2.50. The highest BCUT2D eigenvalue weighted by Crippen LogP contribution is 2.38. The SMILES string of the molecule is COc1cc(/C=C/C(=O)N2CCN(CC(=O)N(c3ccccc3)c3ccccc3)CC2)cc(OC)c1OC. The molecule has 8 heteroatoms. The maximum atomic E-state index is 13.4. The predicted molar refractivity (Wildman–Crippen MR) is 148 cm³/mol. The van der Waals surface area contributed by atoms with Gasteiger partial charge in [-0.05, 0) is 48.0 Å². The van der Waals surface area contributed by atoms with Crippen molar-refractivity contribution in [2.24, 2.45) is 0 Å². The third-order valence-corrected chi connectivity index (χ3v) is 6.43. The van der Waals surface area contributed by atoms with Crippen LogP contribution in [0.4, 0.5) is 11.4 Å². The molecule has 0 spiro atoms. The van der Waals surface area contributed by atoms with Gasteiger partial charge >= 0.3 is 0 Å². The van der Waals surface area contributed by atoms with Crippen molar-refractivity contribution in [1.29, 1.82) is 0 Å². The molecule has 0 radical (unpaired) electrons. The van der Waals surface area contributed by atoms with E-state index in [1.54, 1.807) is 55.4 Å². The van der Waals surface area contributed by atoms with Crippen LogP contribution in [0, 0.1) is 0 Å². The maximum absolute atomic E-state index is 13.4. The van der Waals surface area contributed by atoms with E-state index >= 15 is 0 Å². The van der Waals surface area contributed by atoms with E-state index in [-0.39, 0.29) is 18.4 Å². The van der Waals surface area contributed by atoms with Crippen molar-refractivity contribution in [1.82, 2.24) is 9.80 Å². The summed E-state index contributed by atoms with van der Waals surface area (Å²) in [4.78, 5) is 31.9. The molecule has 0 N–H and O–H groups in total. The number of anilines is 2. The van der Waals surface area contributed by atoms with Crippen molar-refractivity contribution >= 4 is 29.3 Å². The average molecular weight is 516 g/mol. The number of carbonyl (C=O) groups is 2. The number of para-hydroxylation sites is 2. The molecule has 8 nitrogen and oxygen atoms in total. The summed E-state index contributed by atoms with van der Waals surface area (Å²) >= 11 is 0. The molecule has 0 atom stereocenters. The van der Waals surface area contributed by atoms with E-state index in [1.807, 2.05) is 60.7 Å². The second kappa shape index (κ2) is 12.8. The molecule has 0 saturated carbocycles. The summed E-state index contributed by atoms with van der Waals surface area (Å²) in [5.74, 6) is 1.46. The number of methoxy groups -OCH3 is 3. The minimum absolute atomic E-state index is 0.00975. The molecule has 1 saturated heterocycles. The Morgan fingerprint density at radius 3 is 1.79 bits per heavy atom. The molecule has 3 aromatic carbocycles. The molecule has 0 aromatic heterocycles. The summed E-state index contributed by atoms with van der Waals surface area (Å²) in [6.45, 7) is 2.59. The molecule has 4 rings (SSSR count). The Kier molecular flexibility index (Phi) is 9.00. The van der Waals surface area contributed by atoms with E-state index < -0.39 is 0 Å². The van der Waals surface area contributed by atoms with Gasteiger partial charge < -0.3 is 19.1 Å². The Labute approximate surface area is 223 Å². The van der Waals surface area contributed by atoms with Gasteiger partial charge in [0.25, 0.3) is 0 Å². The number of hydrogen-bond acceptors (Lipinski definition) is 6. The van der Waals surface area contributed by atoms with Gasteiger partial charge in [-0.1, -0.05) is 36.4 Å². The molecule has 3 aromatic rings. The van der Waals surface area contributed by atoms with Crippen molar-refractivity contribution in [3.8, 4) is 17.2 Å². The van der Waals surface area contributed by atoms with Gasteiger partial charge in [-0.3, -0.25) is 19.4 Å². The molecule has 1 heterocycles. The van der Waals surface area contributed by atoms with Crippen molar-refractivity contribution in [3.63, 3.8) is 0 Å². The van der Waals surface area contributed by atoms with Gasteiger partial charge in [0, 0.05) is 43.6 Å². The van der Waals surface area contributed by atoms with Gasteiger partial charge in [0.15, 0.2) is 11.5 Å². The Morgan fingerprint density at radius 1 is 0.789 bits per heavy atom. The van der Waals surface area contributed by atoms with Crippen LogP contribution in [0.15, 0.2) is 78.9 Å². The van der Waals surface area contributed by atoms with Crippen LogP contribution in [0.1, 0.15) is 5.56 Å². The molecule has 0 unspecified atom stereocenters. The fraction of sp³-hybridized carbons (Fsp3) is 0.267. The molecular weight excluding hydrogens is 482 g/mol. The highest BCUT2D eigenvalue weighted by molar-refractivity contribution is 6.01. The molecule has 198 valence electrons. The van der Waals surface area contributed by atoms with Gasteiger partial charge in [-0.15, -0.1) is 0 Å². The lowest BCUT2D eigenvalue weighted by Gasteiger charge is -2.35. The number of benzene rings is 3. The largest absolute Gasteiger partial charge is 0.493 e. The van der Waals surface area contributed by atoms with Crippen LogP contribution >= 0.6 is 0 Å². The first-order valence-electron chi connectivity index (χ1n) is 12.5. The zero-order valence-corrected chi connectivity index (χ0v) is 22.0. The summed E-state index contributed by atoms with van der Waals surface area (Å²) in [5, 5.41) is 0. The Morgan fingerprint density at radius 2 is 1.32 bits per heavy atom. The van der Waals surface area contributed by atoms with Crippen LogP contribution in [-0.2, 0) is 9.59 Å². The van der Waals surface area contributed by atoms with Crippen molar-refractivity contribution in [2.45, 2.75) is 0 Å². The lowest BCUT2D eigenvalue weighted by molar-refractivity contribution is -0.128. The fourth-order valence-corrected chi connectivity index (χ4v) is 4.45. The maximum Gasteiger partial charge on any atom is 0.246 e. The molecule has 1 fully saturated rings. The topological polar surface area (TPSA) is 71.6 Å². The van der Waals surface area contributed by atoms with E-state index in [9.17, 15) is 9.59 Å². The first kappa shape index (κ1) is 26.8. The Hall–Kier alpha value is -4.30. The number of carbonyl (C=O) groups excluding carboxylic acids is 2. The molecule has 38 heavy (non-hydrogen) atoms. The highest BCUT2D eigenvalue weighted by atomic mass is 16.5. The highest BCUT2D eigenvalue weighted by Gasteiger charge is 2.25. The van der Waals surface area contributed by atoms with Crippen LogP contribution in [0.3, 0.4) is 0 Å². The van der Waals surface area contributed by atoms with Crippen molar-refractivity contribution < 1.29 is 23.8 Å². The van der Waals surface area contributed by atoms with Crippen molar-refractivity contribution in [2.75, 3.05) is 59.0 Å². The molecule has 2 amide bonds. The van der Waals surface area contributed by atoms with E-state index in [1.165, 1.54) is 0 Å². The average Bonchev–Trinajstić information content (AvgIpc) is 2.96. The minimum atomic E-state index is -0.0834. The van der Waals surface area contributed by atoms with E-state index in [4.69, 9.17) is 14.2 Å². The van der Waals surface area contributed by atoms with Gasteiger partial charge in [-0.2, -0.15) is 0 Å². The zero-order valence-electron chi connectivity index (χ0n) is 22.0. The normalized spacial score (nSPS) is 13.8. The Bertz CT molecular complexity index is 1190. The summed E-state index contributed by atoms with van der Waals surface area (Å²) in [6.07, 6.45) is 3.29. The van der Waals surface area contributed by atoms with E-state index in [0.717, 1.165) is 16.9 Å².